The average molecular weight is 404 g/mol. The Hall–Kier alpha value is -2.50. The zero-order valence-corrected chi connectivity index (χ0v) is 16.3. The van der Waals surface area contributed by atoms with Gasteiger partial charge >= 0.3 is 0 Å². The molecular formula is C20H19Cl2N3O2. The Bertz CT molecular complexity index is 940. The van der Waals surface area contributed by atoms with Gasteiger partial charge in [-0.3, -0.25) is 4.79 Å². The van der Waals surface area contributed by atoms with E-state index in [9.17, 15) is 4.79 Å². The summed E-state index contributed by atoms with van der Waals surface area (Å²) in [6, 6.07) is 14.9. The number of nitrogens with one attached hydrogen (secondary N) is 1. The minimum atomic E-state index is -0.0863. The lowest BCUT2D eigenvalue weighted by Crippen LogP contribution is -2.16. The van der Waals surface area contributed by atoms with Crippen molar-refractivity contribution in [1.29, 1.82) is 0 Å². The van der Waals surface area contributed by atoms with Crippen molar-refractivity contribution in [2.24, 2.45) is 0 Å². The van der Waals surface area contributed by atoms with Crippen LogP contribution in [0.15, 0.2) is 54.7 Å². The number of halogens is 2. The molecule has 0 aliphatic carbocycles. The number of amides is 1. The predicted octanol–water partition coefficient (Wildman–Crippen LogP) is 4.82. The molecule has 27 heavy (non-hydrogen) atoms. The van der Waals surface area contributed by atoms with Crippen molar-refractivity contribution in [2.45, 2.75) is 19.4 Å². The number of hydrogen-bond donors (Lipinski definition) is 1. The van der Waals surface area contributed by atoms with Gasteiger partial charge in [0, 0.05) is 12.5 Å². The fraction of sp³-hybridized carbons (Fsp3) is 0.200. The predicted molar refractivity (Wildman–Crippen MR) is 108 cm³/mol. The van der Waals surface area contributed by atoms with E-state index in [0.717, 1.165) is 16.9 Å². The van der Waals surface area contributed by atoms with Crippen molar-refractivity contribution >= 4 is 34.9 Å². The summed E-state index contributed by atoms with van der Waals surface area (Å²) in [6.07, 6.45) is 2.61. The van der Waals surface area contributed by atoms with Gasteiger partial charge < -0.3 is 10.1 Å². The summed E-state index contributed by atoms with van der Waals surface area (Å²) in [5.74, 6) is 1.31. The molecule has 1 N–H and O–H groups in total. The smallest absolute Gasteiger partial charge is 0.225 e. The number of carbonyl (C=O) groups is 1. The quantitative estimate of drug-likeness (QED) is 0.615. The molecular weight excluding hydrogens is 385 g/mol. The summed E-state index contributed by atoms with van der Waals surface area (Å²) >= 11 is 12.3. The van der Waals surface area contributed by atoms with E-state index in [4.69, 9.17) is 27.9 Å². The highest BCUT2D eigenvalue weighted by Crippen LogP contribution is 2.26. The van der Waals surface area contributed by atoms with Crippen molar-refractivity contribution in [2.75, 3.05) is 12.4 Å². The zero-order chi connectivity index (χ0) is 19.2. The Morgan fingerprint density at radius 1 is 1.19 bits per heavy atom. The fourth-order valence-corrected chi connectivity index (χ4v) is 3.07. The number of anilines is 1. The van der Waals surface area contributed by atoms with E-state index in [1.165, 1.54) is 0 Å². The highest BCUT2D eigenvalue weighted by molar-refractivity contribution is 6.42. The molecule has 3 rings (SSSR count). The lowest BCUT2D eigenvalue weighted by atomic mass is 10.1. The summed E-state index contributed by atoms with van der Waals surface area (Å²) in [7, 11) is 1.62. The first kappa shape index (κ1) is 19.3. The molecule has 0 aliphatic heterocycles. The van der Waals surface area contributed by atoms with Gasteiger partial charge in [0.25, 0.3) is 0 Å². The molecule has 7 heteroatoms. The van der Waals surface area contributed by atoms with Crippen LogP contribution in [0.5, 0.6) is 5.75 Å². The molecule has 1 heterocycles. The molecule has 0 fully saturated rings. The number of aromatic nitrogens is 2. The normalized spacial score (nSPS) is 10.6. The van der Waals surface area contributed by atoms with Crippen LogP contribution in [0.2, 0.25) is 10.0 Å². The van der Waals surface area contributed by atoms with Crippen LogP contribution >= 0.6 is 23.2 Å². The highest BCUT2D eigenvalue weighted by atomic mass is 35.5. The number of methoxy groups -OCH3 is 1. The molecule has 3 aromatic rings. The molecule has 0 atom stereocenters. The van der Waals surface area contributed by atoms with Gasteiger partial charge in [0.05, 0.1) is 29.9 Å². The van der Waals surface area contributed by atoms with Gasteiger partial charge in [0.15, 0.2) is 0 Å². The van der Waals surface area contributed by atoms with Gasteiger partial charge in [0.1, 0.15) is 11.6 Å². The summed E-state index contributed by atoms with van der Waals surface area (Å²) in [6.45, 7) is 0.415. The van der Waals surface area contributed by atoms with E-state index in [2.05, 4.69) is 10.4 Å². The Kier molecular flexibility index (Phi) is 6.37. The van der Waals surface area contributed by atoms with E-state index >= 15 is 0 Å². The maximum Gasteiger partial charge on any atom is 0.225 e. The van der Waals surface area contributed by atoms with Gasteiger partial charge in [0.2, 0.25) is 5.91 Å². The zero-order valence-electron chi connectivity index (χ0n) is 14.8. The van der Waals surface area contributed by atoms with E-state index in [1.54, 1.807) is 30.1 Å². The molecule has 5 nitrogen and oxygen atoms in total. The number of hydrogen-bond acceptors (Lipinski definition) is 3. The summed E-state index contributed by atoms with van der Waals surface area (Å²) in [5, 5.41) is 8.14. The summed E-state index contributed by atoms with van der Waals surface area (Å²) in [4.78, 5) is 12.3. The molecule has 1 aromatic heterocycles. The van der Waals surface area contributed by atoms with E-state index in [-0.39, 0.29) is 5.91 Å². The van der Waals surface area contributed by atoms with Crippen molar-refractivity contribution < 1.29 is 9.53 Å². The number of carbonyl (C=O) groups excluding carboxylic acids is 1. The van der Waals surface area contributed by atoms with Crippen LogP contribution in [-0.4, -0.2) is 22.8 Å². The van der Waals surface area contributed by atoms with Crippen molar-refractivity contribution in [1.82, 2.24) is 9.78 Å². The first-order valence-corrected chi connectivity index (χ1v) is 9.20. The van der Waals surface area contributed by atoms with Crippen molar-refractivity contribution in [3.8, 4) is 5.75 Å². The molecule has 0 aliphatic rings. The van der Waals surface area contributed by atoms with E-state index in [1.807, 2.05) is 36.4 Å². The van der Waals surface area contributed by atoms with Crippen molar-refractivity contribution in [3.05, 3.63) is 75.9 Å². The van der Waals surface area contributed by atoms with Gasteiger partial charge in [-0.25, -0.2) is 4.68 Å². The van der Waals surface area contributed by atoms with Crippen LogP contribution in [0.4, 0.5) is 5.82 Å². The molecule has 0 bridgehead atoms. The lowest BCUT2D eigenvalue weighted by Gasteiger charge is -2.11. The first-order valence-electron chi connectivity index (χ1n) is 8.44. The van der Waals surface area contributed by atoms with E-state index < -0.39 is 0 Å². The molecule has 2 aromatic carbocycles. The molecule has 0 saturated heterocycles. The van der Waals surface area contributed by atoms with Crippen LogP contribution in [0, 0.1) is 0 Å². The van der Waals surface area contributed by atoms with Gasteiger partial charge in [-0.05, 0) is 35.7 Å². The van der Waals surface area contributed by atoms with E-state index in [0.29, 0.717) is 35.2 Å². The molecule has 0 saturated carbocycles. The number of benzene rings is 2. The molecule has 0 spiro atoms. The van der Waals surface area contributed by atoms with Crippen LogP contribution in [-0.2, 0) is 17.8 Å². The number of aryl methyl sites for hydroxylation is 1. The molecule has 1 amide bonds. The maximum absolute atomic E-state index is 12.3. The topological polar surface area (TPSA) is 56.1 Å². The Balaban J connectivity index is 1.62. The first-order chi connectivity index (χ1) is 13.1. The maximum atomic E-state index is 12.3. The summed E-state index contributed by atoms with van der Waals surface area (Å²) in [5.41, 5.74) is 1.88. The number of rotatable bonds is 7. The number of nitrogens with zero attached hydrogens (tertiary/aromatic N) is 2. The lowest BCUT2D eigenvalue weighted by molar-refractivity contribution is -0.116. The fourth-order valence-electron chi connectivity index (χ4n) is 2.69. The highest BCUT2D eigenvalue weighted by Gasteiger charge is 2.11. The summed E-state index contributed by atoms with van der Waals surface area (Å²) < 4.78 is 6.89. The minimum absolute atomic E-state index is 0.0863. The standard InChI is InChI=1S/C20H19Cl2N3O2/c1-27-16-6-2-4-14(12-16)8-9-19(26)24-18-10-11-23-25(18)13-15-5-3-7-17(21)20(15)22/h2-7,10-12H,8-9,13H2,1H3,(H,24,26). The molecule has 140 valence electrons. The third-order valence-electron chi connectivity index (χ3n) is 4.11. The van der Waals surface area contributed by atoms with Crippen LogP contribution in [0.3, 0.4) is 0 Å². The SMILES string of the molecule is COc1cccc(CCC(=O)Nc2ccnn2Cc2cccc(Cl)c2Cl)c1. The number of ether oxygens (including phenoxy) is 1. The second kappa shape index (κ2) is 8.93. The third-order valence-corrected chi connectivity index (χ3v) is 4.97. The minimum Gasteiger partial charge on any atom is -0.497 e. The van der Waals surface area contributed by atoms with Gasteiger partial charge in [-0.1, -0.05) is 47.5 Å². The Morgan fingerprint density at radius 3 is 2.81 bits per heavy atom. The largest absolute Gasteiger partial charge is 0.497 e. The second-order valence-corrected chi connectivity index (χ2v) is 6.77. The van der Waals surface area contributed by atoms with Gasteiger partial charge in [-0.2, -0.15) is 5.10 Å². The van der Waals surface area contributed by atoms with Crippen molar-refractivity contribution in [3.63, 3.8) is 0 Å². The third kappa shape index (κ3) is 5.02. The molecule has 0 radical (unpaired) electrons. The Morgan fingerprint density at radius 2 is 2.00 bits per heavy atom. The second-order valence-electron chi connectivity index (χ2n) is 5.99. The van der Waals surface area contributed by atoms with Crippen LogP contribution in [0.1, 0.15) is 17.5 Å². The average Bonchev–Trinajstić information content (AvgIpc) is 3.10. The molecule has 0 unspecified atom stereocenters. The Labute approximate surface area is 167 Å². The van der Waals surface area contributed by atoms with Crippen LogP contribution in [0.25, 0.3) is 0 Å². The van der Waals surface area contributed by atoms with Gasteiger partial charge in [-0.15, -0.1) is 0 Å². The monoisotopic (exact) mass is 403 g/mol. The van der Waals surface area contributed by atoms with Crippen LogP contribution < -0.4 is 10.1 Å².